The number of hydrogen-bond donors (Lipinski definition) is 2. The zero-order valence-electron chi connectivity index (χ0n) is 15.7. The van der Waals surface area contributed by atoms with Gasteiger partial charge >= 0.3 is 0 Å². The number of carbonyl (C=O) groups excluding carboxylic acids is 1. The fourth-order valence-electron chi connectivity index (χ4n) is 3.02. The maximum Gasteiger partial charge on any atom is 0.240 e. The molecule has 3 N–H and O–H groups in total. The molecule has 7 nitrogen and oxygen atoms in total. The quantitative estimate of drug-likeness (QED) is 0.596. The largest absolute Gasteiger partial charge is 0.326 e. The van der Waals surface area contributed by atoms with E-state index in [-0.39, 0.29) is 38.8 Å². The first-order valence-corrected chi connectivity index (χ1v) is 10.7. The Hall–Kier alpha value is -2.82. The molecule has 1 aromatic heterocycles. The predicted octanol–water partition coefficient (Wildman–Crippen LogP) is 3.19. The van der Waals surface area contributed by atoms with Gasteiger partial charge in [-0.3, -0.25) is 4.79 Å². The molecule has 3 aromatic rings. The highest BCUT2D eigenvalue weighted by Crippen LogP contribution is 2.25. The second-order valence-corrected chi connectivity index (χ2v) is 8.36. The number of rotatable bonds is 6. The second kappa shape index (κ2) is 8.50. The summed E-state index contributed by atoms with van der Waals surface area (Å²) in [5, 5.41) is 12.0. The molecule has 158 valence electrons. The number of sulfonamides is 1. The summed E-state index contributed by atoms with van der Waals surface area (Å²) in [5.74, 6) is -1.94. The van der Waals surface area contributed by atoms with Gasteiger partial charge in [0.05, 0.1) is 23.3 Å². The van der Waals surface area contributed by atoms with Crippen LogP contribution in [0.25, 0.3) is 5.69 Å². The first kappa shape index (κ1) is 21.9. The summed E-state index contributed by atoms with van der Waals surface area (Å²) in [6.07, 6.45) is 2.50. The summed E-state index contributed by atoms with van der Waals surface area (Å²) >= 11 is 5.82. The molecule has 30 heavy (non-hydrogen) atoms. The first-order valence-electron chi connectivity index (χ1n) is 8.73. The van der Waals surface area contributed by atoms with E-state index in [0.717, 1.165) is 18.2 Å². The van der Waals surface area contributed by atoms with Crippen molar-refractivity contribution in [1.29, 1.82) is 0 Å². The lowest BCUT2D eigenvalue weighted by atomic mass is 10.0. The van der Waals surface area contributed by atoms with E-state index in [2.05, 4.69) is 10.4 Å². The van der Waals surface area contributed by atoms with Crippen molar-refractivity contribution >= 4 is 33.2 Å². The van der Waals surface area contributed by atoms with Crippen molar-refractivity contribution < 1.29 is 22.0 Å². The van der Waals surface area contributed by atoms with E-state index in [4.69, 9.17) is 16.7 Å². The van der Waals surface area contributed by atoms with Crippen molar-refractivity contribution in [2.45, 2.75) is 24.7 Å². The zero-order chi connectivity index (χ0) is 22.1. The first-order chi connectivity index (χ1) is 14.1. The maximum absolute atomic E-state index is 14.1. The van der Waals surface area contributed by atoms with Crippen molar-refractivity contribution in [1.82, 2.24) is 9.78 Å². The van der Waals surface area contributed by atoms with Crippen molar-refractivity contribution in [3.63, 3.8) is 0 Å². The minimum atomic E-state index is -4.18. The summed E-state index contributed by atoms with van der Waals surface area (Å²) in [6.45, 7) is 1.65. The van der Waals surface area contributed by atoms with Gasteiger partial charge in [-0.1, -0.05) is 18.5 Å². The molecule has 1 heterocycles. The monoisotopic (exact) mass is 454 g/mol. The van der Waals surface area contributed by atoms with E-state index >= 15 is 0 Å². The van der Waals surface area contributed by atoms with Crippen molar-refractivity contribution in [3.05, 3.63) is 70.5 Å². The number of carbonyl (C=O) groups is 1. The summed E-state index contributed by atoms with van der Waals surface area (Å²) < 4.78 is 53.3. The Morgan fingerprint density at radius 1 is 1.20 bits per heavy atom. The van der Waals surface area contributed by atoms with E-state index < -0.39 is 34.0 Å². The molecule has 1 amide bonds. The molecule has 0 saturated heterocycles. The fourth-order valence-corrected chi connectivity index (χ4v) is 3.90. The highest BCUT2D eigenvalue weighted by molar-refractivity contribution is 7.89. The minimum Gasteiger partial charge on any atom is -0.326 e. The van der Waals surface area contributed by atoms with Crippen LogP contribution in [-0.4, -0.2) is 24.1 Å². The van der Waals surface area contributed by atoms with Gasteiger partial charge in [0.15, 0.2) is 0 Å². The van der Waals surface area contributed by atoms with Gasteiger partial charge in [-0.15, -0.1) is 0 Å². The maximum atomic E-state index is 14.1. The third kappa shape index (κ3) is 4.66. The normalized spacial score (nSPS) is 11.5. The third-order valence-corrected chi connectivity index (χ3v) is 5.49. The average Bonchev–Trinajstić information content (AvgIpc) is 3.10. The highest BCUT2D eigenvalue weighted by Gasteiger charge is 2.19. The number of aromatic nitrogens is 2. The molecule has 0 spiro atoms. The fraction of sp³-hybridized carbons (Fsp3) is 0.158. The molecule has 0 atom stereocenters. The van der Waals surface area contributed by atoms with Crippen LogP contribution in [0.4, 0.5) is 14.5 Å². The summed E-state index contributed by atoms with van der Waals surface area (Å²) in [5.41, 5.74) is 0.304. The topological polar surface area (TPSA) is 107 Å². The highest BCUT2D eigenvalue weighted by atomic mass is 35.5. The van der Waals surface area contributed by atoms with Gasteiger partial charge in [-0.2, -0.15) is 5.10 Å². The van der Waals surface area contributed by atoms with Gasteiger partial charge in [0, 0.05) is 17.4 Å². The minimum absolute atomic E-state index is 0.0514. The average molecular weight is 455 g/mol. The van der Waals surface area contributed by atoms with Crippen LogP contribution in [0.5, 0.6) is 0 Å². The lowest BCUT2D eigenvalue weighted by molar-refractivity contribution is -0.115. The Balaban J connectivity index is 1.91. The number of hydrogen-bond acceptors (Lipinski definition) is 4. The Morgan fingerprint density at radius 2 is 1.87 bits per heavy atom. The van der Waals surface area contributed by atoms with Crippen molar-refractivity contribution in [3.8, 4) is 5.69 Å². The van der Waals surface area contributed by atoms with Gasteiger partial charge in [-0.05, 0) is 42.3 Å². The number of nitrogens with zero attached hydrogens (tertiary/aromatic N) is 2. The summed E-state index contributed by atoms with van der Waals surface area (Å²) in [6, 6.07) is 5.94. The number of amides is 1. The number of benzene rings is 2. The van der Waals surface area contributed by atoms with Crippen LogP contribution in [0.2, 0.25) is 5.02 Å². The number of nitrogens with one attached hydrogen (secondary N) is 1. The second-order valence-electron chi connectivity index (χ2n) is 6.40. The molecule has 0 aliphatic rings. The van der Waals surface area contributed by atoms with E-state index in [9.17, 15) is 22.0 Å². The molecular weight excluding hydrogens is 438 g/mol. The van der Waals surface area contributed by atoms with Crippen LogP contribution in [0.3, 0.4) is 0 Å². The van der Waals surface area contributed by atoms with Crippen molar-refractivity contribution in [2.24, 2.45) is 5.14 Å². The molecule has 0 radical (unpaired) electrons. The van der Waals surface area contributed by atoms with Gasteiger partial charge in [0.25, 0.3) is 0 Å². The molecule has 0 bridgehead atoms. The number of primary sulfonamides is 1. The van der Waals surface area contributed by atoms with E-state index in [1.165, 1.54) is 29.2 Å². The van der Waals surface area contributed by atoms with Crippen LogP contribution in [-0.2, 0) is 27.7 Å². The van der Waals surface area contributed by atoms with Gasteiger partial charge in [-0.25, -0.2) is 27.0 Å². The molecular formula is C19H17ClF2N4O3S. The lowest BCUT2D eigenvalue weighted by Crippen LogP contribution is -2.19. The number of nitrogens with two attached hydrogens (primary N) is 1. The summed E-state index contributed by atoms with van der Waals surface area (Å²) in [7, 11) is -4.18. The third-order valence-electron chi connectivity index (χ3n) is 4.36. The molecule has 3 rings (SSSR count). The molecule has 0 fully saturated rings. The predicted molar refractivity (Wildman–Crippen MR) is 108 cm³/mol. The van der Waals surface area contributed by atoms with Crippen LogP contribution < -0.4 is 10.5 Å². The Kier molecular flexibility index (Phi) is 6.20. The van der Waals surface area contributed by atoms with Gasteiger partial charge in [0.1, 0.15) is 16.5 Å². The lowest BCUT2D eigenvalue weighted by Gasteiger charge is -2.13. The molecule has 2 aromatic carbocycles. The van der Waals surface area contributed by atoms with Gasteiger partial charge in [0.2, 0.25) is 15.9 Å². The molecule has 0 saturated carbocycles. The zero-order valence-corrected chi connectivity index (χ0v) is 17.3. The number of halogens is 3. The van der Waals surface area contributed by atoms with Crippen LogP contribution in [0.15, 0.2) is 47.6 Å². The van der Waals surface area contributed by atoms with E-state index in [1.807, 2.05) is 0 Å². The van der Waals surface area contributed by atoms with Gasteiger partial charge < -0.3 is 5.32 Å². The standard InChI is InChI=1S/C19H17ClF2N4O3S/c1-2-13-14(16(22)5-4-15(13)21)8-19(27)25-12-3-6-17(18(7-12)30(23,28)29)26-10-11(20)9-24-26/h3-7,9-10H,2,8H2,1H3,(H,25,27)(H2,23,28,29). The number of anilines is 1. The van der Waals surface area contributed by atoms with E-state index in [1.54, 1.807) is 6.92 Å². The van der Waals surface area contributed by atoms with Crippen molar-refractivity contribution in [2.75, 3.05) is 5.32 Å². The van der Waals surface area contributed by atoms with Crippen LogP contribution in [0.1, 0.15) is 18.1 Å². The van der Waals surface area contributed by atoms with Crippen LogP contribution in [0, 0.1) is 11.6 Å². The Morgan fingerprint density at radius 3 is 2.43 bits per heavy atom. The molecule has 0 aliphatic heterocycles. The Bertz CT molecular complexity index is 1230. The smallest absolute Gasteiger partial charge is 0.240 e. The Labute approximate surface area is 176 Å². The molecule has 0 unspecified atom stereocenters. The summed E-state index contributed by atoms with van der Waals surface area (Å²) in [4.78, 5) is 12.1. The molecule has 0 aliphatic carbocycles. The van der Waals surface area contributed by atoms with Crippen LogP contribution >= 0.6 is 11.6 Å². The SMILES string of the molecule is CCc1c(F)ccc(F)c1CC(=O)Nc1ccc(-n2cc(Cl)cn2)c(S(N)(=O)=O)c1. The van der Waals surface area contributed by atoms with E-state index in [0.29, 0.717) is 0 Å². The molecule has 11 heteroatoms.